The Kier molecular flexibility index (Phi) is 5.03. The van der Waals surface area contributed by atoms with Crippen molar-refractivity contribution in [1.82, 2.24) is 8.87 Å². The summed E-state index contributed by atoms with van der Waals surface area (Å²) >= 11 is 7.76. The summed E-state index contributed by atoms with van der Waals surface area (Å²) < 4.78 is 29.2. The van der Waals surface area contributed by atoms with Gasteiger partial charge in [-0.3, -0.25) is 0 Å². The zero-order valence-corrected chi connectivity index (χ0v) is 15.4. The standard InChI is InChI=1S/C14H23ClN2O2S2/c1-11(2)17-9-13(7-12(17)8-15)21(18,19)16-5-6-20-14(3,4)10-16/h7,9,11H,5-6,8,10H2,1-4H3. The number of sulfonamides is 1. The molecule has 120 valence electrons. The molecule has 21 heavy (non-hydrogen) atoms. The fourth-order valence-corrected chi connectivity index (χ4v) is 5.73. The van der Waals surface area contributed by atoms with Gasteiger partial charge >= 0.3 is 0 Å². The normalized spacial score (nSPS) is 20.1. The Bertz CT molecular complexity index is 608. The smallest absolute Gasteiger partial charge is 0.244 e. The summed E-state index contributed by atoms with van der Waals surface area (Å²) in [7, 11) is -3.44. The highest BCUT2D eigenvalue weighted by atomic mass is 35.5. The summed E-state index contributed by atoms with van der Waals surface area (Å²) in [6.45, 7) is 9.33. The molecule has 1 aliphatic heterocycles. The minimum atomic E-state index is -3.44. The van der Waals surface area contributed by atoms with Crippen molar-refractivity contribution >= 4 is 33.4 Å². The zero-order valence-electron chi connectivity index (χ0n) is 13.0. The Labute approximate surface area is 136 Å². The van der Waals surface area contributed by atoms with Crippen LogP contribution < -0.4 is 0 Å². The maximum absolute atomic E-state index is 12.8. The van der Waals surface area contributed by atoms with E-state index in [1.54, 1.807) is 16.6 Å². The molecule has 0 atom stereocenters. The molecule has 1 aliphatic rings. The van der Waals surface area contributed by atoms with Crippen LogP contribution in [0.15, 0.2) is 17.2 Å². The second-order valence-corrected chi connectivity index (χ2v) is 10.3. The van der Waals surface area contributed by atoms with E-state index in [1.807, 2.05) is 30.2 Å². The van der Waals surface area contributed by atoms with E-state index in [-0.39, 0.29) is 10.8 Å². The van der Waals surface area contributed by atoms with Gasteiger partial charge in [0.15, 0.2) is 0 Å². The van der Waals surface area contributed by atoms with Gasteiger partial charge in [0.05, 0.1) is 5.88 Å². The van der Waals surface area contributed by atoms with Gasteiger partial charge in [0.25, 0.3) is 0 Å². The van der Waals surface area contributed by atoms with Crippen molar-refractivity contribution < 1.29 is 8.42 Å². The van der Waals surface area contributed by atoms with Crippen molar-refractivity contribution in [3.8, 4) is 0 Å². The van der Waals surface area contributed by atoms with Gasteiger partial charge < -0.3 is 4.57 Å². The van der Waals surface area contributed by atoms with Crippen LogP contribution >= 0.6 is 23.4 Å². The van der Waals surface area contributed by atoms with E-state index < -0.39 is 10.0 Å². The third kappa shape index (κ3) is 3.60. The molecule has 0 aromatic carbocycles. The first kappa shape index (κ1) is 17.2. The van der Waals surface area contributed by atoms with E-state index in [1.165, 1.54) is 0 Å². The van der Waals surface area contributed by atoms with Crippen LogP contribution in [0.5, 0.6) is 0 Å². The summed E-state index contributed by atoms with van der Waals surface area (Å²) in [5.74, 6) is 1.15. The largest absolute Gasteiger partial charge is 0.346 e. The van der Waals surface area contributed by atoms with E-state index in [4.69, 9.17) is 11.6 Å². The van der Waals surface area contributed by atoms with Gasteiger partial charge in [0, 0.05) is 41.5 Å². The summed E-state index contributed by atoms with van der Waals surface area (Å²) in [4.78, 5) is 0.356. The van der Waals surface area contributed by atoms with Crippen molar-refractivity contribution in [3.05, 3.63) is 18.0 Å². The first-order chi connectivity index (χ1) is 9.67. The Hall–Kier alpha value is -0.170. The van der Waals surface area contributed by atoms with Crippen molar-refractivity contribution in [1.29, 1.82) is 0 Å². The van der Waals surface area contributed by atoms with E-state index >= 15 is 0 Å². The summed E-state index contributed by atoms with van der Waals surface area (Å²) in [5.41, 5.74) is 0.843. The summed E-state index contributed by atoms with van der Waals surface area (Å²) in [6, 6.07) is 1.90. The van der Waals surface area contributed by atoms with Crippen LogP contribution in [-0.4, -0.2) is 40.9 Å². The molecule has 0 N–H and O–H groups in total. The van der Waals surface area contributed by atoms with Gasteiger partial charge in [-0.1, -0.05) is 0 Å². The molecule has 7 heteroatoms. The molecule has 1 fully saturated rings. The minimum Gasteiger partial charge on any atom is -0.346 e. The fraction of sp³-hybridized carbons (Fsp3) is 0.714. The van der Waals surface area contributed by atoms with Crippen LogP contribution in [0, 0.1) is 0 Å². The van der Waals surface area contributed by atoms with Crippen LogP contribution in [0.3, 0.4) is 0 Å². The lowest BCUT2D eigenvalue weighted by Gasteiger charge is -2.36. The highest BCUT2D eigenvalue weighted by molar-refractivity contribution is 8.00. The average molecular weight is 351 g/mol. The molecule has 0 unspecified atom stereocenters. The summed E-state index contributed by atoms with van der Waals surface area (Å²) in [5, 5.41) is 0. The molecular formula is C14H23ClN2O2S2. The SMILES string of the molecule is CC(C)n1cc(S(=O)(=O)N2CCSC(C)(C)C2)cc1CCl. The monoisotopic (exact) mass is 350 g/mol. The lowest BCUT2D eigenvalue weighted by atomic mass is 10.2. The van der Waals surface area contributed by atoms with E-state index in [9.17, 15) is 8.42 Å². The second-order valence-electron chi connectivity index (χ2n) is 6.25. The van der Waals surface area contributed by atoms with Crippen molar-refractivity contribution in [2.24, 2.45) is 0 Å². The molecule has 1 saturated heterocycles. The van der Waals surface area contributed by atoms with E-state index in [2.05, 4.69) is 13.8 Å². The van der Waals surface area contributed by atoms with Gasteiger partial charge in [-0.2, -0.15) is 16.1 Å². The molecule has 0 bridgehead atoms. The van der Waals surface area contributed by atoms with Crippen molar-refractivity contribution in [2.75, 3.05) is 18.8 Å². The first-order valence-corrected chi connectivity index (χ1v) is 10.0. The molecular weight excluding hydrogens is 328 g/mol. The minimum absolute atomic E-state index is 0.0404. The maximum Gasteiger partial charge on any atom is 0.244 e. The molecule has 1 aromatic heterocycles. The predicted molar refractivity (Wildman–Crippen MR) is 89.7 cm³/mol. The maximum atomic E-state index is 12.8. The van der Waals surface area contributed by atoms with E-state index in [0.717, 1.165) is 11.4 Å². The zero-order chi connectivity index (χ0) is 15.8. The molecule has 4 nitrogen and oxygen atoms in total. The van der Waals surface area contributed by atoms with Crippen LogP contribution in [-0.2, 0) is 15.9 Å². The predicted octanol–water partition coefficient (Wildman–Crippen LogP) is 3.32. The number of thioether (sulfide) groups is 1. The molecule has 2 rings (SSSR count). The Morgan fingerprint density at radius 2 is 2.10 bits per heavy atom. The highest BCUT2D eigenvalue weighted by Gasteiger charge is 2.35. The highest BCUT2D eigenvalue weighted by Crippen LogP contribution is 2.33. The average Bonchev–Trinajstić information content (AvgIpc) is 2.82. The Morgan fingerprint density at radius 3 is 2.57 bits per heavy atom. The number of nitrogens with zero attached hydrogens (tertiary/aromatic N) is 2. The summed E-state index contributed by atoms with van der Waals surface area (Å²) in [6.07, 6.45) is 1.71. The van der Waals surface area contributed by atoms with Gasteiger partial charge in [-0.05, 0) is 33.8 Å². The Morgan fingerprint density at radius 1 is 1.43 bits per heavy atom. The topological polar surface area (TPSA) is 42.3 Å². The second kappa shape index (κ2) is 6.14. The van der Waals surface area contributed by atoms with Crippen LogP contribution in [0.2, 0.25) is 0 Å². The molecule has 0 saturated carbocycles. The quantitative estimate of drug-likeness (QED) is 0.782. The number of hydrogen-bond acceptors (Lipinski definition) is 3. The van der Waals surface area contributed by atoms with Crippen LogP contribution in [0.1, 0.15) is 39.4 Å². The number of rotatable bonds is 4. The Balaban J connectivity index is 2.35. The van der Waals surface area contributed by atoms with Crippen molar-refractivity contribution in [2.45, 2.75) is 49.3 Å². The van der Waals surface area contributed by atoms with Gasteiger partial charge in [-0.25, -0.2) is 8.42 Å². The third-order valence-corrected chi connectivity index (χ3v) is 7.01. The van der Waals surface area contributed by atoms with Crippen LogP contribution in [0.4, 0.5) is 0 Å². The molecule has 0 spiro atoms. The first-order valence-electron chi connectivity index (χ1n) is 7.08. The van der Waals surface area contributed by atoms with Gasteiger partial charge in [0.2, 0.25) is 10.0 Å². The number of aromatic nitrogens is 1. The molecule has 0 aliphatic carbocycles. The molecule has 2 heterocycles. The van der Waals surface area contributed by atoms with Crippen LogP contribution in [0.25, 0.3) is 0 Å². The fourth-order valence-electron chi connectivity index (χ4n) is 2.55. The third-order valence-electron chi connectivity index (χ3n) is 3.63. The lowest BCUT2D eigenvalue weighted by Crippen LogP contribution is -2.45. The molecule has 1 aromatic rings. The lowest BCUT2D eigenvalue weighted by molar-refractivity contribution is 0.387. The van der Waals surface area contributed by atoms with Gasteiger partial charge in [-0.15, -0.1) is 11.6 Å². The molecule has 0 radical (unpaired) electrons. The number of halogens is 1. The van der Waals surface area contributed by atoms with Gasteiger partial charge in [0.1, 0.15) is 4.90 Å². The number of alkyl halides is 1. The molecule has 0 amide bonds. The van der Waals surface area contributed by atoms with E-state index in [0.29, 0.717) is 23.9 Å². The number of hydrogen-bond donors (Lipinski definition) is 0. The van der Waals surface area contributed by atoms with Crippen molar-refractivity contribution in [3.63, 3.8) is 0 Å².